The first-order valence-electron chi connectivity index (χ1n) is 14.9. The van der Waals surface area contributed by atoms with Gasteiger partial charge in [-0.1, -0.05) is 116 Å². The second-order valence-electron chi connectivity index (χ2n) is 11.6. The molecule has 0 N–H and O–H groups in total. The van der Waals surface area contributed by atoms with E-state index in [9.17, 15) is 0 Å². The van der Waals surface area contributed by atoms with Gasteiger partial charge in [-0.25, -0.2) is 0 Å². The highest BCUT2D eigenvalue weighted by Crippen LogP contribution is 2.38. The Morgan fingerprint density at radius 2 is 1.23 bits per heavy atom. The molecule has 8 rings (SSSR count). The second-order valence-corrected chi connectivity index (χ2v) is 11.6. The van der Waals surface area contributed by atoms with Gasteiger partial charge in [0.2, 0.25) is 0 Å². The lowest BCUT2D eigenvalue weighted by atomic mass is 9.92. The number of rotatable bonds is 3. The average Bonchev–Trinajstić information content (AvgIpc) is 3.34. The maximum absolute atomic E-state index is 6.02. The van der Waals surface area contributed by atoms with Crippen LogP contribution in [0.4, 0.5) is 0 Å². The van der Waals surface area contributed by atoms with E-state index < -0.39 is 0 Å². The first-order valence-corrected chi connectivity index (χ1v) is 14.9. The van der Waals surface area contributed by atoms with Crippen LogP contribution in [-0.4, -0.2) is 0 Å². The summed E-state index contributed by atoms with van der Waals surface area (Å²) in [5.74, 6) is 0.934. The Morgan fingerprint density at radius 3 is 2.02 bits per heavy atom. The summed E-state index contributed by atoms with van der Waals surface area (Å²) in [5, 5.41) is 11.9. The van der Waals surface area contributed by atoms with Crippen molar-refractivity contribution in [1.82, 2.24) is 0 Å². The number of allylic oxidation sites excluding steroid dienone is 2. The van der Waals surface area contributed by atoms with Crippen molar-refractivity contribution in [1.29, 1.82) is 0 Å². The van der Waals surface area contributed by atoms with Crippen LogP contribution in [-0.2, 0) is 0 Å². The molecule has 208 valence electrons. The maximum atomic E-state index is 6.02. The van der Waals surface area contributed by atoms with Crippen molar-refractivity contribution < 1.29 is 4.42 Å². The van der Waals surface area contributed by atoms with Gasteiger partial charge in [-0.05, 0) is 111 Å². The van der Waals surface area contributed by atoms with Crippen LogP contribution in [0.2, 0.25) is 0 Å². The van der Waals surface area contributed by atoms with Crippen molar-refractivity contribution in [2.75, 3.05) is 0 Å². The molecule has 8 aromatic rings. The fraction of sp³-hybridized carbons (Fsp3) is 0.0952. The van der Waals surface area contributed by atoms with Crippen LogP contribution < -0.4 is 0 Å². The molecule has 1 heteroatoms. The van der Waals surface area contributed by atoms with Crippen LogP contribution in [0, 0.1) is 27.7 Å². The largest absolute Gasteiger partial charge is 0.461 e. The van der Waals surface area contributed by atoms with Gasteiger partial charge in [0, 0.05) is 10.9 Å². The van der Waals surface area contributed by atoms with Gasteiger partial charge in [-0.2, -0.15) is 0 Å². The van der Waals surface area contributed by atoms with Gasteiger partial charge in [-0.3, -0.25) is 0 Å². The third kappa shape index (κ3) is 4.49. The highest BCUT2D eigenvalue weighted by Gasteiger charge is 2.15. The zero-order valence-electron chi connectivity index (χ0n) is 25.2. The van der Waals surface area contributed by atoms with Gasteiger partial charge >= 0.3 is 0 Å². The molecule has 0 aliphatic heterocycles. The molecule has 1 heterocycles. The van der Waals surface area contributed by atoms with Gasteiger partial charge < -0.3 is 4.42 Å². The summed E-state index contributed by atoms with van der Waals surface area (Å²) in [7, 11) is 0. The predicted octanol–water partition coefficient (Wildman–Crippen LogP) is 12.3. The lowest BCUT2D eigenvalue weighted by molar-refractivity contribution is 0.577. The number of benzene rings is 7. The summed E-state index contributed by atoms with van der Waals surface area (Å²) < 4.78 is 6.02. The van der Waals surface area contributed by atoms with E-state index in [1.807, 2.05) is 13.0 Å². The Labute approximate surface area is 252 Å². The third-order valence-electron chi connectivity index (χ3n) is 8.79. The third-order valence-corrected chi connectivity index (χ3v) is 8.79. The number of furan rings is 1. The molecule has 0 aliphatic rings. The first-order chi connectivity index (χ1) is 20.9. The van der Waals surface area contributed by atoms with Crippen molar-refractivity contribution in [2.45, 2.75) is 27.7 Å². The van der Waals surface area contributed by atoms with Crippen LogP contribution in [0.25, 0.3) is 71.3 Å². The topological polar surface area (TPSA) is 13.1 Å². The molecule has 1 nitrogen and oxygen atoms in total. The van der Waals surface area contributed by atoms with E-state index in [1.54, 1.807) is 6.08 Å². The fourth-order valence-electron chi connectivity index (χ4n) is 6.70. The molecule has 1 aromatic heterocycles. The van der Waals surface area contributed by atoms with Crippen LogP contribution >= 0.6 is 0 Å². The Bertz CT molecular complexity index is 2340. The van der Waals surface area contributed by atoms with Crippen LogP contribution in [0.5, 0.6) is 0 Å². The van der Waals surface area contributed by atoms with Crippen LogP contribution in [0.15, 0.2) is 126 Å². The molecule has 0 fully saturated rings. The second kappa shape index (κ2) is 10.6. The van der Waals surface area contributed by atoms with E-state index >= 15 is 0 Å². The summed E-state index contributed by atoms with van der Waals surface area (Å²) in [6.07, 6.45) is 5.85. The van der Waals surface area contributed by atoms with E-state index in [0.29, 0.717) is 0 Å². The smallest absolute Gasteiger partial charge is 0.135 e. The standard InChI is InChI=1S/C25H22O.C17H12/c1-5-6-10-21-18(4)26-24-13-12-19-14-17(3)22(15-23(19)25(21)24)20-11-8-7-9-16(20)2;1-11-10-14-6-2-4-12-8-9-13-5-3-7-15(11)17(13)16(12)14/h5-15H,1H2,2-4H3;2-10H,1H3/b10-6-;. The molecule has 0 atom stereocenters. The van der Waals surface area contributed by atoms with Crippen molar-refractivity contribution >= 4 is 60.1 Å². The Kier molecular flexibility index (Phi) is 6.59. The SMILES string of the molecule is C=C/C=C\c1c(C)oc2ccc3cc(C)c(-c4ccccc4C)cc3c12.Cc1cc2cccc3ccc4cccc1c4c32. The molecular weight excluding hydrogens is 520 g/mol. The molecule has 0 amide bonds. The van der Waals surface area contributed by atoms with E-state index in [4.69, 9.17) is 4.42 Å². The molecule has 0 saturated carbocycles. The average molecular weight is 555 g/mol. The van der Waals surface area contributed by atoms with Crippen molar-refractivity contribution in [2.24, 2.45) is 0 Å². The van der Waals surface area contributed by atoms with E-state index in [-0.39, 0.29) is 0 Å². The van der Waals surface area contributed by atoms with Gasteiger partial charge in [0.25, 0.3) is 0 Å². The summed E-state index contributed by atoms with van der Waals surface area (Å²) in [5.41, 5.74) is 8.56. The quantitative estimate of drug-likeness (QED) is 0.156. The molecule has 7 aromatic carbocycles. The molecule has 0 spiro atoms. The van der Waals surface area contributed by atoms with E-state index in [1.165, 1.54) is 76.3 Å². The van der Waals surface area contributed by atoms with Gasteiger partial charge in [-0.15, -0.1) is 0 Å². The lowest BCUT2D eigenvalue weighted by Gasteiger charge is -2.12. The Hall–Kier alpha value is -5.14. The summed E-state index contributed by atoms with van der Waals surface area (Å²) in [4.78, 5) is 0. The summed E-state index contributed by atoms with van der Waals surface area (Å²) in [6, 6.07) is 37.2. The monoisotopic (exact) mass is 554 g/mol. The minimum atomic E-state index is 0.929. The van der Waals surface area contributed by atoms with Crippen molar-refractivity contribution in [3.05, 3.63) is 150 Å². The fourth-order valence-corrected chi connectivity index (χ4v) is 6.70. The molecule has 0 unspecified atom stereocenters. The minimum Gasteiger partial charge on any atom is -0.461 e. The lowest BCUT2D eigenvalue weighted by Crippen LogP contribution is -1.88. The molecular formula is C42H34O. The maximum Gasteiger partial charge on any atom is 0.135 e. The number of fused-ring (bicyclic) bond motifs is 3. The molecule has 0 aliphatic carbocycles. The van der Waals surface area contributed by atoms with Crippen molar-refractivity contribution in [3.8, 4) is 11.1 Å². The van der Waals surface area contributed by atoms with Crippen LogP contribution in [0.3, 0.4) is 0 Å². The Balaban J connectivity index is 0.000000152. The van der Waals surface area contributed by atoms with Gasteiger partial charge in [0.1, 0.15) is 11.3 Å². The number of hydrogen-bond acceptors (Lipinski definition) is 1. The molecule has 43 heavy (non-hydrogen) atoms. The zero-order chi connectivity index (χ0) is 29.7. The Morgan fingerprint density at radius 1 is 0.535 bits per heavy atom. The predicted molar refractivity (Wildman–Crippen MR) is 187 cm³/mol. The number of aryl methyl sites for hydroxylation is 4. The molecule has 0 radical (unpaired) electrons. The normalized spacial score (nSPS) is 11.7. The highest BCUT2D eigenvalue weighted by molar-refractivity contribution is 6.23. The molecule has 0 saturated heterocycles. The van der Waals surface area contributed by atoms with Gasteiger partial charge in [0.05, 0.1) is 0 Å². The summed E-state index contributed by atoms with van der Waals surface area (Å²) >= 11 is 0. The van der Waals surface area contributed by atoms with E-state index in [2.05, 4.69) is 137 Å². The zero-order valence-corrected chi connectivity index (χ0v) is 25.2. The minimum absolute atomic E-state index is 0.929. The number of hydrogen-bond donors (Lipinski definition) is 0. The van der Waals surface area contributed by atoms with Crippen molar-refractivity contribution in [3.63, 3.8) is 0 Å². The van der Waals surface area contributed by atoms with E-state index in [0.717, 1.165) is 16.9 Å². The first kappa shape index (κ1) is 26.7. The summed E-state index contributed by atoms with van der Waals surface area (Å²) in [6.45, 7) is 12.4. The van der Waals surface area contributed by atoms with Gasteiger partial charge in [0.15, 0.2) is 0 Å². The van der Waals surface area contributed by atoms with Crippen LogP contribution in [0.1, 0.15) is 28.0 Å². The molecule has 0 bridgehead atoms. The highest BCUT2D eigenvalue weighted by atomic mass is 16.3.